The summed E-state index contributed by atoms with van der Waals surface area (Å²) in [7, 11) is -3.67. The first kappa shape index (κ1) is 14.5. The molecule has 19 heavy (non-hydrogen) atoms. The van der Waals surface area contributed by atoms with E-state index in [-0.39, 0.29) is 23.7 Å². The molecule has 106 valence electrons. The van der Waals surface area contributed by atoms with Crippen LogP contribution in [0.15, 0.2) is 29.2 Å². The van der Waals surface area contributed by atoms with E-state index >= 15 is 0 Å². The Hall–Kier alpha value is -0.910. The maximum atomic E-state index is 12.0. The summed E-state index contributed by atoms with van der Waals surface area (Å²) in [4.78, 5) is 0.196. The smallest absolute Gasteiger partial charge is 0.297 e. The molecule has 0 N–H and O–H groups in total. The molecule has 1 fully saturated rings. The maximum absolute atomic E-state index is 12.0. The largest absolute Gasteiger partial charge is 0.373 e. The molecule has 0 aliphatic carbocycles. The third-order valence-electron chi connectivity index (χ3n) is 3.28. The van der Waals surface area contributed by atoms with Gasteiger partial charge in [0.05, 0.1) is 23.7 Å². The van der Waals surface area contributed by atoms with Crippen LogP contribution in [0.4, 0.5) is 0 Å². The van der Waals surface area contributed by atoms with Gasteiger partial charge in [-0.2, -0.15) is 8.42 Å². The zero-order valence-corrected chi connectivity index (χ0v) is 12.2. The number of hydrogen-bond donors (Lipinski definition) is 0. The van der Waals surface area contributed by atoms with Gasteiger partial charge in [-0.3, -0.25) is 4.18 Å². The number of ether oxygens (including phenoxy) is 1. The molecule has 0 saturated carbocycles. The topological polar surface area (TPSA) is 52.6 Å². The van der Waals surface area contributed by atoms with Crippen molar-refractivity contribution in [2.45, 2.75) is 50.2 Å². The number of rotatable bonds is 4. The molecular weight excluding hydrogens is 264 g/mol. The van der Waals surface area contributed by atoms with Crippen molar-refractivity contribution >= 4 is 10.1 Å². The van der Waals surface area contributed by atoms with Crippen LogP contribution in [-0.4, -0.2) is 27.2 Å². The second-order valence-corrected chi connectivity index (χ2v) is 6.67. The van der Waals surface area contributed by atoms with Gasteiger partial charge < -0.3 is 4.74 Å². The van der Waals surface area contributed by atoms with E-state index in [9.17, 15) is 8.42 Å². The fourth-order valence-corrected chi connectivity index (χ4v) is 3.10. The van der Waals surface area contributed by atoms with Crippen LogP contribution in [-0.2, 0) is 19.0 Å². The van der Waals surface area contributed by atoms with Crippen molar-refractivity contribution in [1.82, 2.24) is 0 Å². The van der Waals surface area contributed by atoms with E-state index in [1.807, 2.05) is 13.8 Å². The summed E-state index contributed by atoms with van der Waals surface area (Å²) in [6.07, 6.45) is 3.00. The van der Waals surface area contributed by atoms with Gasteiger partial charge in [0.1, 0.15) is 0 Å². The molecule has 1 aliphatic rings. The van der Waals surface area contributed by atoms with Crippen molar-refractivity contribution in [3.8, 4) is 0 Å². The van der Waals surface area contributed by atoms with Gasteiger partial charge in [0.2, 0.25) is 0 Å². The summed E-state index contributed by atoms with van der Waals surface area (Å²) >= 11 is 0. The SMILES string of the molecule is Cc1ccc(S(=O)(=O)OC[C@H]2CCC[C@@H](C)O2)cc1. The van der Waals surface area contributed by atoms with Crippen molar-refractivity contribution in [1.29, 1.82) is 0 Å². The molecule has 4 nitrogen and oxygen atoms in total. The second-order valence-electron chi connectivity index (χ2n) is 5.05. The van der Waals surface area contributed by atoms with Gasteiger partial charge in [0.25, 0.3) is 10.1 Å². The number of benzene rings is 1. The molecule has 0 aromatic heterocycles. The second kappa shape index (κ2) is 6.03. The third kappa shape index (κ3) is 4.03. The van der Waals surface area contributed by atoms with E-state index in [1.54, 1.807) is 24.3 Å². The minimum atomic E-state index is -3.67. The predicted molar refractivity (Wildman–Crippen MR) is 72.5 cm³/mol. The predicted octanol–water partition coefficient (Wildman–Crippen LogP) is 2.66. The van der Waals surface area contributed by atoms with E-state index in [0.29, 0.717) is 0 Å². The average molecular weight is 284 g/mol. The number of hydrogen-bond acceptors (Lipinski definition) is 4. The molecule has 0 amide bonds. The summed E-state index contributed by atoms with van der Waals surface area (Å²) in [5.74, 6) is 0. The Morgan fingerprint density at radius 3 is 2.58 bits per heavy atom. The Morgan fingerprint density at radius 1 is 1.26 bits per heavy atom. The molecule has 0 radical (unpaired) electrons. The summed E-state index contributed by atoms with van der Waals surface area (Å²) in [6, 6.07) is 6.65. The molecule has 1 saturated heterocycles. The van der Waals surface area contributed by atoms with Gasteiger partial charge in [-0.1, -0.05) is 17.7 Å². The molecule has 0 bridgehead atoms. The zero-order chi connectivity index (χ0) is 13.9. The van der Waals surface area contributed by atoms with Crippen molar-refractivity contribution in [2.24, 2.45) is 0 Å². The standard InChI is InChI=1S/C14H20O4S/c1-11-6-8-14(9-7-11)19(15,16)17-10-13-5-3-4-12(2)18-13/h6-9,12-13H,3-5,10H2,1-2H3/t12-,13-/m1/s1. The Bertz CT molecular complexity index is 507. The van der Waals surface area contributed by atoms with Crippen molar-refractivity contribution in [3.05, 3.63) is 29.8 Å². The first-order chi connectivity index (χ1) is 8.97. The normalized spacial score (nSPS) is 24.3. The highest BCUT2D eigenvalue weighted by Crippen LogP contribution is 2.20. The summed E-state index contributed by atoms with van der Waals surface area (Å²) in [5.41, 5.74) is 1.02. The Morgan fingerprint density at radius 2 is 1.95 bits per heavy atom. The lowest BCUT2D eigenvalue weighted by atomic mass is 10.1. The van der Waals surface area contributed by atoms with Gasteiger partial charge in [-0.05, 0) is 45.2 Å². The molecule has 1 aromatic carbocycles. The van der Waals surface area contributed by atoms with E-state index in [1.165, 1.54) is 0 Å². The van der Waals surface area contributed by atoms with Gasteiger partial charge in [0.15, 0.2) is 0 Å². The third-order valence-corrected chi connectivity index (χ3v) is 4.58. The Kier molecular flexibility index (Phi) is 4.60. The summed E-state index contributed by atoms with van der Waals surface area (Å²) in [6.45, 7) is 4.01. The van der Waals surface area contributed by atoms with E-state index in [4.69, 9.17) is 8.92 Å². The fraction of sp³-hybridized carbons (Fsp3) is 0.571. The van der Waals surface area contributed by atoms with Crippen molar-refractivity contribution in [2.75, 3.05) is 6.61 Å². The average Bonchev–Trinajstić information content (AvgIpc) is 2.37. The lowest BCUT2D eigenvalue weighted by Crippen LogP contribution is -2.30. The molecule has 2 rings (SSSR count). The van der Waals surface area contributed by atoms with Crippen LogP contribution in [0.5, 0.6) is 0 Å². The van der Waals surface area contributed by atoms with Crippen LogP contribution in [0.3, 0.4) is 0 Å². The molecule has 1 aliphatic heterocycles. The monoisotopic (exact) mass is 284 g/mol. The number of aryl methyl sites for hydroxylation is 1. The van der Waals surface area contributed by atoms with E-state index in [2.05, 4.69) is 0 Å². The van der Waals surface area contributed by atoms with Crippen molar-refractivity contribution < 1.29 is 17.3 Å². The minimum absolute atomic E-state index is 0.0978. The molecular formula is C14H20O4S. The molecule has 0 unspecified atom stereocenters. The first-order valence-electron chi connectivity index (χ1n) is 6.59. The van der Waals surface area contributed by atoms with Gasteiger partial charge in [0, 0.05) is 0 Å². The quantitative estimate of drug-likeness (QED) is 0.798. The lowest BCUT2D eigenvalue weighted by Gasteiger charge is -2.27. The van der Waals surface area contributed by atoms with Crippen LogP contribution in [0, 0.1) is 6.92 Å². The minimum Gasteiger partial charge on any atom is -0.373 e. The summed E-state index contributed by atoms with van der Waals surface area (Å²) < 4.78 is 34.7. The highest BCUT2D eigenvalue weighted by atomic mass is 32.2. The van der Waals surface area contributed by atoms with E-state index in [0.717, 1.165) is 24.8 Å². The maximum Gasteiger partial charge on any atom is 0.297 e. The highest BCUT2D eigenvalue weighted by Gasteiger charge is 2.23. The van der Waals surface area contributed by atoms with Crippen LogP contribution in [0.1, 0.15) is 31.7 Å². The highest BCUT2D eigenvalue weighted by molar-refractivity contribution is 7.86. The molecule has 2 atom stereocenters. The first-order valence-corrected chi connectivity index (χ1v) is 8.00. The van der Waals surface area contributed by atoms with Crippen LogP contribution >= 0.6 is 0 Å². The molecule has 5 heteroatoms. The Balaban J connectivity index is 1.96. The van der Waals surface area contributed by atoms with Crippen LogP contribution in [0.25, 0.3) is 0 Å². The molecule has 1 heterocycles. The lowest BCUT2D eigenvalue weighted by molar-refractivity contribution is -0.0577. The summed E-state index contributed by atoms with van der Waals surface area (Å²) in [5, 5.41) is 0. The van der Waals surface area contributed by atoms with Gasteiger partial charge >= 0.3 is 0 Å². The van der Waals surface area contributed by atoms with Gasteiger partial charge in [-0.15, -0.1) is 0 Å². The van der Waals surface area contributed by atoms with E-state index < -0.39 is 10.1 Å². The van der Waals surface area contributed by atoms with Crippen LogP contribution in [0.2, 0.25) is 0 Å². The molecule has 1 aromatic rings. The zero-order valence-electron chi connectivity index (χ0n) is 11.3. The van der Waals surface area contributed by atoms with Crippen molar-refractivity contribution in [3.63, 3.8) is 0 Å². The van der Waals surface area contributed by atoms with Crippen LogP contribution < -0.4 is 0 Å². The van der Waals surface area contributed by atoms with Gasteiger partial charge in [-0.25, -0.2) is 0 Å². The fourth-order valence-electron chi connectivity index (χ4n) is 2.16. The molecule has 0 spiro atoms. The Labute approximate surface area is 114 Å².